The second kappa shape index (κ2) is 6.19. The van der Waals surface area contributed by atoms with Crippen molar-refractivity contribution in [1.29, 1.82) is 0 Å². The molecule has 1 unspecified atom stereocenters. The van der Waals surface area contributed by atoms with Crippen molar-refractivity contribution in [2.75, 3.05) is 23.7 Å². The fraction of sp³-hybridized carbons (Fsp3) is 0.538. The number of pyridine rings is 1. The molecule has 5 nitrogen and oxygen atoms in total. The van der Waals surface area contributed by atoms with Crippen molar-refractivity contribution >= 4 is 17.5 Å². The number of carbonyl (C=O) groups is 1. The second-order valence-corrected chi connectivity index (χ2v) is 4.78. The summed E-state index contributed by atoms with van der Waals surface area (Å²) in [5.74, 6) is -0.0423. The highest BCUT2D eigenvalue weighted by Crippen LogP contribution is 2.32. The number of piperidine rings is 1. The van der Waals surface area contributed by atoms with Gasteiger partial charge in [-0.1, -0.05) is 0 Å². The number of rotatable bonds is 4. The van der Waals surface area contributed by atoms with Crippen LogP contribution in [0.2, 0.25) is 0 Å². The van der Waals surface area contributed by atoms with E-state index in [1.54, 1.807) is 6.92 Å². The van der Waals surface area contributed by atoms with Gasteiger partial charge in [0.25, 0.3) is 0 Å². The van der Waals surface area contributed by atoms with Crippen molar-refractivity contribution in [2.24, 2.45) is 0 Å². The summed E-state index contributed by atoms with van der Waals surface area (Å²) in [6, 6.07) is 1.32. The fourth-order valence-corrected chi connectivity index (χ4v) is 2.13. The molecule has 1 aromatic heterocycles. The van der Waals surface area contributed by atoms with Gasteiger partial charge in [-0.05, 0) is 31.9 Å². The average Bonchev–Trinajstić information content (AvgIpc) is 2.41. The van der Waals surface area contributed by atoms with E-state index in [2.05, 4.69) is 20.9 Å². The molecule has 116 valence electrons. The molecule has 21 heavy (non-hydrogen) atoms. The van der Waals surface area contributed by atoms with E-state index in [4.69, 9.17) is 0 Å². The van der Waals surface area contributed by atoms with Crippen LogP contribution >= 0.6 is 0 Å². The summed E-state index contributed by atoms with van der Waals surface area (Å²) in [6.45, 7) is 2.82. The van der Waals surface area contributed by atoms with E-state index in [0.29, 0.717) is 19.5 Å². The van der Waals surface area contributed by atoms with E-state index in [1.165, 1.54) is 0 Å². The zero-order valence-corrected chi connectivity index (χ0v) is 11.5. The number of nitrogens with one attached hydrogen (secondary N) is 3. The van der Waals surface area contributed by atoms with E-state index in [0.717, 1.165) is 18.6 Å². The molecular formula is C13H17F3N4O. The van der Waals surface area contributed by atoms with Crippen LogP contribution in [0.15, 0.2) is 12.1 Å². The van der Waals surface area contributed by atoms with Gasteiger partial charge < -0.3 is 16.0 Å². The lowest BCUT2D eigenvalue weighted by Crippen LogP contribution is -2.44. The second-order valence-electron chi connectivity index (χ2n) is 4.78. The molecule has 0 radical (unpaired) electrons. The number of alkyl halides is 3. The van der Waals surface area contributed by atoms with E-state index in [-0.39, 0.29) is 17.5 Å². The van der Waals surface area contributed by atoms with Crippen LogP contribution in [-0.4, -0.2) is 30.0 Å². The van der Waals surface area contributed by atoms with Crippen LogP contribution in [0, 0.1) is 0 Å². The molecule has 1 aromatic rings. The molecule has 1 amide bonds. The molecule has 2 rings (SSSR count). The molecule has 1 saturated heterocycles. The minimum Gasteiger partial charge on any atom is -0.370 e. The van der Waals surface area contributed by atoms with Gasteiger partial charge in [-0.15, -0.1) is 0 Å². The Kier molecular flexibility index (Phi) is 4.54. The number of amides is 1. The van der Waals surface area contributed by atoms with Gasteiger partial charge in [0.2, 0.25) is 5.91 Å². The van der Waals surface area contributed by atoms with Crippen molar-refractivity contribution in [1.82, 2.24) is 10.3 Å². The van der Waals surface area contributed by atoms with Crippen LogP contribution in [0.4, 0.5) is 24.8 Å². The Bertz CT molecular complexity index is 519. The summed E-state index contributed by atoms with van der Waals surface area (Å²) >= 11 is 0. The lowest BCUT2D eigenvalue weighted by Gasteiger charge is -2.24. The molecule has 0 bridgehead atoms. The van der Waals surface area contributed by atoms with Crippen molar-refractivity contribution in [3.05, 3.63) is 17.7 Å². The summed E-state index contributed by atoms with van der Waals surface area (Å²) in [6.07, 6.45) is -3.11. The molecule has 8 heteroatoms. The maximum absolute atomic E-state index is 12.9. The third-order valence-corrected chi connectivity index (χ3v) is 3.12. The first-order chi connectivity index (χ1) is 9.90. The van der Waals surface area contributed by atoms with E-state index >= 15 is 0 Å². The predicted octanol–water partition coefficient (Wildman–Crippen LogP) is 2.22. The Morgan fingerprint density at radius 3 is 2.71 bits per heavy atom. The minimum absolute atomic E-state index is 0.0443. The van der Waals surface area contributed by atoms with Crippen LogP contribution in [0.3, 0.4) is 0 Å². The number of hydrogen-bond donors (Lipinski definition) is 3. The Morgan fingerprint density at radius 1 is 1.38 bits per heavy atom. The van der Waals surface area contributed by atoms with Crippen LogP contribution < -0.4 is 16.0 Å². The number of carbonyl (C=O) groups excluding carboxylic acids is 1. The standard InChI is InChI=1S/C13H17F3N4O/c1-2-17-10-6-8(13(14,15)16)7-11(20-10)19-9-4-3-5-18-12(9)21/h6-7,9H,2-5H2,1H3,(H,18,21)(H2,17,19,20). The zero-order valence-electron chi connectivity index (χ0n) is 11.5. The maximum Gasteiger partial charge on any atom is 0.416 e. The summed E-state index contributed by atoms with van der Waals surface area (Å²) in [5, 5.41) is 8.21. The smallest absolute Gasteiger partial charge is 0.370 e. The Morgan fingerprint density at radius 2 is 2.10 bits per heavy atom. The van der Waals surface area contributed by atoms with Gasteiger partial charge in [0.1, 0.15) is 17.7 Å². The number of halogens is 3. The molecule has 0 spiro atoms. The molecule has 1 fully saturated rings. The Hall–Kier alpha value is -1.99. The molecule has 2 heterocycles. The van der Waals surface area contributed by atoms with Crippen LogP contribution in [0.1, 0.15) is 25.3 Å². The molecule has 1 aliphatic heterocycles. The monoisotopic (exact) mass is 302 g/mol. The van der Waals surface area contributed by atoms with Crippen molar-refractivity contribution in [3.8, 4) is 0 Å². The number of anilines is 2. The summed E-state index contributed by atoms with van der Waals surface area (Å²) < 4.78 is 38.6. The van der Waals surface area contributed by atoms with E-state index in [9.17, 15) is 18.0 Å². The fourth-order valence-electron chi connectivity index (χ4n) is 2.13. The van der Waals surface area contributed by atoms with Crippen LogP contribution in [0.25, 0.3) is 0 Å². The lowest BCUT2D eigenvalue weighted by atomic mass is 10.1. The first-order valence-corrected chi connectivity index (χ1v) is 6.77. The van der Waals surface area contributed by atoms with E-state index < -0.39 is 17.8 Å². The van der Waals surface area contributed by atoms with Gasteiger partial charge in [0, 0.05) is 13.1 Å². The molecule has 1 atom stereocenters. The molecule has 0 aliphatic carbocycles. The SMILES string of the molecule is CCNc1cc(C(F)(F)F)cc(NC2CCCNC2=O)n1. The normalized spacial score (nSPS) is 19.0. The largest absolute Gasteiger partial charge is 0.416 e. The molecule has 0 aromatic carbocycles. The third-order valence-electron chi connectivity index (χ3n) is 3.12. The number of aromatic nitrogens is 1. The number of nitrogens with zero attached hydrogens (tertiary/aromatic N) is 1. The van der Waals surface area contributed by atoms with Gasteiger partial charge in [0.05, 0.1) is 5.56 Å². The molecular weight excluding hydrogens is 285 g/mol. The predicted molar refractivity (Wildman–Crippen MR) is 73.1 cm³/mol. The third kappa shape index (κ3) is 3.99. The van der Waals surface area contributed by atoms with Crippen molar-refractivity contribution < 1.29 is 18.0 Å². The van der Waals surface area contributed by atoms with Crippen molar-refractivity contribution in [2.45, 2.75) is 32.0 Å². The lowest BCUT2D eigenvalue weighted by molar-refractivity contribution is -0.137. The Balaban J connectivity index is 2.24. The highest BCUT2D eigenvalue weighted by atomic mass is 19.4. The summed E-state index contributed by atoms with van der Waals surface area (Å²) in [5.41, 5.74) is -0.799. The van der Waals surface area contributed by atoms with Gasteiger partial charge in [-0.3, -0.25) is 4.79 Å². The van der Waals surface area contributed by atoms with Gasteiger partial charge in [-0.25, -0.2) is 4.98 Å². The van der Waals surface area contributed by atoms with Gasteiger partial charge in [-0.2, -0.15) is 13.2 Å². The highest BCUT2D eigenvalue weighted by molar-refractivity contribution is 5.85. The van der Waals surface area contributed by atoms with Gasteiger partial charge >= 0.3 is 6.18 Å². The number of hydrogen-bond acceptors (Lipinski definition) is 4. The van der Waals surface area contributed by atoms with Crippen LogP contribution in [-0.2, 0) is 11.0 Å². The first kappa shape index (κ1) is 15.4. The Labute approximate surface area is 120 Å². The maximum atomic E-state index is 12.9. The minimum atomic E-state index is -4.46. The topological polar surface area (TPSA) is 66.0 Å². The highest BCUT2D eigenvalue weighted by Gasteiger charge is 2.32. The van der Waals surface area contributed by atoms with Crippen molar-refractivity contribution in [3.63, 3.8) is 0 Å². The van der Waals surface area contributed by atoms with Gasteiger partial charge in [0.15, 0.2) is 0 Å². The molecule has 0 saturated carbocycles. The average molecular weight is 302 g/mol. The quantitative estimate of drug-likeness (QED) is 0.798. The zero-order chi connectivity index (χ0) is 15.5. The summed E-state index contributed by atoms with van der Waals surface area (Å²) in [7, 11) is 0. The van der Waals surface area contributed by atoms with Crippen LogP contribution in [0.5, 0.6) is 0 Å². The molecule has 1 aliphatic rings. The molecule has 3 N–H and O–H groups in total. The summed E-state index contributed by atoms with van der Waals surface area (Å²) in [4.78, 5) is 15.7. The van der Waals surface area contributed by atoms with E-state index in [1.807, 2.05) is 0 Å². The first-order valence-electron chi connectivity index (χ1n) is 6.77.